The van der Waals surface area contributed by atoms with Crippen molar-refractivity contribution in [3.8, 4) is 0 Å². The second-order valence-electron chi connectivity index (χ2n) is 7.83. The highest BCUT2D eigenvalue weighted by Crippen LogP contribution is 2.32. The number of hydrogen-bond donors (Lipinski definition) is 1. The van der Waals surface area contributed by atoms with Gasteiger partial charge in [-0.15, -0.1) is 11.8 Å². The molecule has 2 fully saturated rings. The summed E-state index contributed by atoms with van der Waals surface area (Å²) in [6.45, 7) is 5.08. The first-order valence-electron chi connectivity index (χ1n) is 10.8. The summed E-state index contributed by atoms with van der Waals surface area (Å²) in [4.78, 5) is 24.0. The fourth-order valence-corrected chi connectivity index (χ4v) is 5.04. The van der Waals surface area contributed by atoms with E-state index < -0.39 is 0 Å². The first kappa shape index (κ1) is 20.6. The summed E-state index contributed by atoms with van der Waals surface area (Å²) in [6, 6.07) is 4.47. The van der Waals surface area contributed by atoms with Crippen molar-refractivity contribution in [1.29, 1.82) is 0 Å². The van der Waals surface area contributed by atoms with Crippen LogP contribution in [0.5, 0.6) is 0 Å². The summed E-state index contributed by atoms with van der Waals surface area (Å²) in [7, 11) is 0. The van der Waals surface area contributed by atoms with Crippen molar-refractivity contribution < 1.29 is 9.53 Å². The van der Waals surface area contributed by atoms with Gasteiger partial charge in [0.15, 0.2) is 5.65 Å². The Balaban J connectivity index is 1.29. The number of rotatable bonds is 8. The summed E-state index contributed by atoms with van der Waals surface area (Å²) >= 11 is 1.64. The van der Waals surface area contributed by atoms with E-state index in [-0.39, 0.29) is 5.91 Å². The number of fused-ring (bicyclic) bond motifs is 1. The van der Waals surface area contributed by atoms with Gasteiger partial charge in [-0.1, -0.05) is 19.3 Å². The third-order valence-corrected chi connectivity index (χ3v) is 6.71. The molecule has 0 radical (unpaired) electrons. The van der Waals surface area contributed by atoms with E-state index in [1.807, 2.05) is 18.3 Å². The van der Waals surface area contributed by atoms with Gasteiger partial charge in [0, 0.05) is 38.4 Å². The molecule has 29 heavy (non-hydrogen) atoms. The average Bonchev–Trinajstić information content (AvgIpc) is 3.13. The van der Waals surface area contributed by atoms with E-state index in [0.717, 1.165) is 55.6 Å². The van der Waals surface area contributed by atoms with Crippen LogP contribution in [0.15, 0.2) is 18.3 Å². The summed E-state index contributed by atoms with van der Waals surface area (Å²) in [6.07, 6.45) is 8.11. The van der Waals surface area contributed by atoms with Gasteiger partial charge >= 0.3 is 0 Å². The van der Waals surface area contributed by atoms with E-state index >= 15 is 0 Å². The van der Waals surface area contributed by atoms with E-state index in [1.54, 1.807) is 11.8 Å². The molecule has 0 aromatic carbocycles. The average molecular weight is 418 g/mol. The van der Waals surface area contributed by atoms with E-state index in [0.29, 0.717) is 18.3 Å². The van der Waals surface area contributed by atoms with Crippen molar-refractivity contribution in [3.05, 3.63) is 24.2 Å². The molecule has 0 atom stereocenters. The molecule has 0 unspecified atom stereocenters. The molecule has 1 amide bonds. The second-order valence-corrected chi connectivity index (χ2v) is 8.82. The lowest BCUT2D eigenvalue weighted by molar-refractivity contribution is -0.118. The maximum Gasteiger partial charge on any atom is 0.230 e. The number of pyridine rings is 1. The lowest BCUT2D eigenvalue weighted by Crippen LogP contribution is -2.41. The highest BCUT2D eigenvalue weighted by atomic mass is 32.2. The maximum absolute atomic E-state index is 12.2. The van der Waals surface area contributed by atoms with E-state index in [1.165, 1.54) is 32.1 Å². The van der Waals surface area contributed by atoms with Crippen molar-refractivity contribution in [2.75, 3.05) is 45.1 Å². The number of thioether (sulfide) groups is 1. The van der Waals surface area contributed by atoms with Gasteiger partial charge in [0.05, 0.1) is 24.7 Å². The number of carbonyl (C=O) groups excluding carboxylic acids is 1. The number of nitrogens with zero attached hydrogens (tertiary/aromatic N) is 4. The summed E-state index contributed by atoms with van der Waals surface area (Å²) in [5, 5.41) is 3.04. The van der Waals surface area contributed by atoms with Crippen LogP contribution in [0.4, 0.5) is 0 Å². The quantitative estimate of drug-likeness (QED) is 0.712. The van der Waals surface area contributed by atoms with Gasteiger partial charge in [-0.3, -0.25) is 9.69 Å². The number of carbonyl (C=O) groups is 1. The van der Waals surface area contributed by atoms with Crippen LogP contribution in [-0.2, 0) is 15.3 Å². The summed E-state index contributed by atoms with van der Waals surface area (Å²) < 4.78 is 7.70. The molecule has 7 nitrogen and oxygen atoms in total. The Labute approximate surface area is 176 Å². The molecule has 2 aromatic heterocycles. The van der Waals surface area contributed by atoms with Crippen LogP contribution in [0.3, 0.4) is 0 Å². The molecule has 1 saturated heterocycles. The topological polar surface area (TPSA) is 72.3 Å². The Morgan fingerprint density at radius 3 is 2.90 bits per heavy atom. The van der Waals surface area contributed by atoms with Gasteiger partial charge in [-0.2, -0.15) is 0 Å². The van der Waals surface area contributed by atoms with Gasteiger partial charge in [0.2, 0.25) is 5.91 Å². The van der Waals surface area contributed by atoms with Crippen LogP contribution in [0.1, 0.15) is 44.0 Å². The highest BCUT2D eigenvalue weighted by molar-refractivity contribution is 7.99. The zero-order chi connectivity index (χ0) is 19.9. The largest absolute Gasteiger partial charge is 0.379 e. The molecule has 1 N–H and O–H groups in total. The molecule has 3 heterocycles. The SMILES string of the molecule is O=C(CSCc1nc2cccnc2n1C1CCCCC1)NCCN1CCOCC1. The first-order chi connectivity index (χ1) is 14.3. The van der Waals surface area contributed by atoms with E-state index in [2.05, 4.69) is 19.8 Å². The molecule has 1 saturated carbocycles. The minimum Gasteiger partial charge on any atom is -0.379 e. The molecule has 4 rings (SSSR count). The minimum atomic E-state index is 0.0988. The number of imidazole rings is 1. The normalized spacial score (nSPS) is 18.9. The predicted molar refractivity (Wildman–Crippen MR) is 116 cm³/mol. The van der Waals surface area contributed by atoms with E-state index in [9.17, 15) is 4.79 Å². The lowest BCUT2D eigenvalue weighted by atomic mass is 9.95. The van der Waals surface area contributed by atoms with Crippen LogP contribution >= 0.6 is 11.8 Å². The zero-order valence-electron chi connectivity index (χ0n) is 17.0. The van der Waals surface area contributed by atoms with Crippen molar-refractivity contribution in [2.24, 2.45) is 0 Å². The highest BCUT2D eigenvalue weighted by Gasteiger charge is 2.22. The summed E-state index contributed by atoms with van der Waals surface area (Å²) in [5.41, 5.74) is 1.95. The second kappa shape index (κ2) is 10.4. The molecule has 1 aliphatic carbocycles. The Morgan fingerprint density at radius 2 is 2.07 bits per heavy atom. The van der Waals surface area contributed by atoms with Crippen LogP contribution in [0, 0.1) is 0 Å². The van der Waals surface area contributed by atoms with Crippen LogP contribution in [0.2, 0.25) is 0 Å². The molecule has 158 valence electrons. The number of nitrogens with one attached hydrogen (secondary N) is 1. The van der Waals surface area contributed by atoms with Gasteiger partial charge in [-0.05, 0) is 25.0 Å². The first-order valence-corrected chi connectivity index (χ1v) is 11.9. The van der Waals surface area contributed by atoms with Crippen molar-refractivity contribution in [2.45, 2.75) is 43.9 Å². The Bertz CT molecular complexity index is 799. The van der Waals surface area contributed by atoms with Gasteiger partial charge in [0.25, 0.3) is 0 Å². The van der Waals surface area contributed by atoms with Crippen LogP contribution in [-0.4, -0.2) is 70.5 Å². The predicted octanol–water partition coefficient (Wildman–Crippen LogP) is 2.62. The fourth-order valence-electron chi connectivity index (χ4n) is 4.27. The molecular formula is C21H31N5O2S. The molecule has 1 aliphatic heterocycles. The summed E-state index contributed by atoms with van der Waals surface area (Å²) in [5.74, 6) is 2.35. The fraction of sp³-hybridized carbons (Fsp3) is 0.667. The third-order valence-electron chi connectivity index (χ3n) is 5.78. The molecule has 2 aromatic rings. The minimum absolute atomic E-state index is 0.0988. The molecule has 2 aliphatic rings. The van der Waals surface area contributed by atoms with Crippen LogP contribution in [0.25, 0.3) is 11.2 Å². The third kappa shape index (κ3) is 5.49. The number of ether oxygens (including phenoxy) is 1. The van der Waals surface area contributed by atoms with E-state index in [4.69, 9.17) is 9.72 Å². The number of hydrogen-bond acceptors (Lipinski definition) is 6. The number of aromatic nitrogens is 3. The van der Waals surface area contributed by atoms with Crippen molar-refractivity contribution in [1.82, 2.24) is 24.8 Å². The monoisotopic (exact) mass is 417 g/mol. The number of amides is 1. The standard InChI is InChI=1S/C21H31N5O2S/c27-20(22-9-10-25-11-13-28-14-12-25)16-29-15-19-24-18-7-4-8-23-21(18)26(19)17-5-2-1-3-6-17/h4,7-8,17H,1-3,5-6,9-16H2,(H,22,27). The van der Waals surface area contributed by atoms with Crippen molar-refractivity contribution in [3.63, 3.8) is 0 Å². The van der Waals surface area contributed by atoms with Gasteiger partial charge < -0.3 is 14.6 Å². The zero-order valence-corrected chi connectivity index (χ0v) is 17.8. The maximum atomic E-state index is 12.2. The molecular weight excluding hydrogens is 386 g/mol. The lowest BCUT2D eigenvalue weighted by Gasteiger charge is -2.26. The molecule has 0 spiro atoms. The van der Waals surface area contributed by atoms with Gasteiger partial charge in [0.1, 0.15) is 11.3 Å². The molecule has 8 heteroatoms. The van der Waals surface area contributed by atoms with Crippen LogP contribution < -0.4 is 5.32 Å². The smallest absolute Gasteiger partial charge is 0.230 e. The van der Waals surface area contributed by atoms with Crippen molar-refractivity contribution >= 4 is 28.8 Å². The van der Waals surface area contributed by atoms with Gasteiger partial charge in [-0.25, -0.2) is 9.97 Å². The molecule has 0 bridgehead atoms. The Morgan fingerprint density at radius 1 is 1.24 bits per heavy atom. The Kier molecular flexibility index (Phi) is 7.40. The number of morpholine rings is 1. The Hall–Kier alpha value is -1.64.